The van der Waals surface area contributed by atoms with Gasteiger partial charge < -0.3 is 20.6 Å². The van der Waals surface area contributed by atoms with Crippen LogP contribution in [0, 0.1) is 6.92 Å². The fraction of sp³-hybridized carbons (Fsp3) is 0.562. The van der Waals surface area contributed by atoms with E-state index < -0.39 is 0 Å². The highest BCUT2D eigenvalue weighted by Gasteiger charge is 2.16. The van der Waals surface area contributed by atoms with Crippen molar-refractivity contribution in [1.29, 1.82) is 0 Å². The van der Waals surface area contributed by atoms with Crippen LogP contribution in [0.25, 0.3) is 0 Å². The molecular weight excluding hydrogens is 266 g/mol. The van der Waals surface area contributed by atoms with Gasteiger partial charge in [0.25, 0.3) is 0 Å². The summed E-state index contributed by atoms with van der Waals surface area (Å²) in [4.78, 5) is 2.37. The molecule has 0 aliphatic carbocycles. The van der Waals surface area contributed by atoms with Gasteiger partial charge in [0.2, 0.25) is 0 Å². The summed E-state index contributed by atoms with van der Waals surface area (Å²) in [5, 5.41) is 11.9. The molecule has 0 unspecified atom stereocenters. The second kappa shape index (κ2) is 8.52. The summed E-state index contributed by atoms with van der Waals surface area (Å²) in [6.07, 6.45) is 2.17. The summed E-state index contributed by atoms with van der Waals surface area (Å²) in [6.45, 7) is 7.91. The van der Waals surface area contributed by atoms with E-state index in [-0.39, 0.29) is 5.84 Å². The van der Waals surface area contributed by atoms with Gasteiger partial charge in [-0.3, -0.25) is 0 Å². The lowest BCUT2D eigenvalue weighted by atomic mass is 10.0. The van der Waals surface area contributed by atoms with Crippen molar-refractivity contribution >= 4 is 11.5 Å². The maximum Gasteiger partial charge on any atom is 0.170 e. The van der Waals surface area contributed by atoms with E-state index in [0.717, 1.165) is 36.2 Å². The van der Waals surface area contributed by atoms with E-state index in [1.165, 1.54) is 0 Å². The summed E-state index contributed by atoms with van der Waals surface area (Å²) in [5.41, 5.74) is 8.58. The minimum Gasteiger partial charge on any atom is -0.409 e. The van der Waals surface area contributed by atoms with Crippen LogP contribution < -0.4 is 10.6 Å². The summed E-state index contributed by atoms with van der Waals surface area (Å²) in [6, 6.07) is 6.49. The van der Waals surface area contributed by atoms with Gasteiger partial charge in [0.05, 0.1) is 6.61 Å². The lowest BCUT2D eigenvalue weighted by Crippen LogP contribution is -2.37. The lowest BCUT2D eigenvalue weighted by Gasteiger charge is -2.33. The molecule has 0 heterocycles. The Morgan fingerprint density at radius 1 is 1.38 bits per heavy atom. The first-order valence-corrected chi connectivity index (χ1v) is 7.43. The number of anilines is 1. The van der Waals surface area contributed by atoms with Crippen LogP contribution in [0.15, 0.2) is 23.4 Å². The molecule has 0 radical (unpaired) electrons. The molecule has 5 heteroatoms. The Kier molecular flexibility index (Phi) is 7.02. The Morgan fingerprint density at radius 3 is 2.52 bits per heavy atom. The average Bonchev–Trinajstić information content (AvgIpc) is 2.50. The van der Waals surface area contributed by atoms with Crippen molar-refractivity contribution in [3.05, 3.63) is 29.3 Å². The standard InChI is InChI=1S/C16H27N3O2/c1-5-13(6-2)19(9-10-21-4)14-7-8-15(12(3)11-14)16(17)18-20/h7-8,11,13,20H,5-6,9-10H2,1-4H3,(H2,17,18). The number of hydrogen-bond donors (Lipinski definition) is 2. The average molecular weight is 293 g/mol. The van der Waals surface area contributed by atoms with Gasteiger partial charge in [-0.2, -0.15) is 0 Å². The number of amidine groups is 1. The van der Waals surface area contributed by atoms with Gasteiger partial charge in [-0.05, 0) is 43.5 Å². The molecule has 5 nitrogen and oxygen atoms in total. The number of hydrogen-bond acceptors (Lipinski definition) is 4. The van der Waals surface area contributed by atoms with E-state index in [1.54, 1.807) is 7.11 Å². The third-order valence-corrected chi connectivity index (χ3v) is 3.84. The zero-order valence-electron chi connectivity index (χ0n) is 13.5. The van der Waals surface area contributed by atoms with E-state index in [0.29, 0.717) is 12.6 Å². The first-order valence-electron chi connectivity index (χ1n) is 7.43. The van der Waals surface area contributed by atoms with E-state index in [9.17, 15) is 0 Å². The quantitative estimate of drug-likeness (QED) is 0.334. The van der Waals surface area contributed by atoms with Gasteiger partial charge >= 0.3 is 0 Å². The molecule has 0 atom stereocenters. The molecule has 0 aliphatic heterocycles. The summed E-state index contributed by atoms with van der Waals surface area (Å²) < 4.78 is 5.23. The van der Waals surface area contributed by atoms with Gasteiger partial charge in [0.15, 0.2) is 5.84 Å². The number of rotatable bonds is 8. The Bertz CT molecular complexity index is 471. The highest BCUT2D eigenvalue weighted by Crippen LogP contribution is 2.23. The third-order valence-electron chi connectivity index (χ3n) is 3.84. The molecule has 1 rings (SSSR count). The molecule has 0 saturated carbocycles. The van der Waals surface area contributed by atoms with Crippen LogP contribution in [0.3, 0.4) is 0 Å². The van der Waals surface area contributed by atoms with E-state index in [4.69, 9.17) is 15.7 Å². The number of oxime groups is 1. The number of nitrogens with two attached hydrogens (primary N) is 1. The maximum absolute atomic E-state index is 8.81. The zero-order chi connectivity index (χ0) is 15.8. The highest BCUT2D eigenvalue weighted by molar-refractivity contribution is 5.98. The maximum atomic E-state index is 8.81. The molecular formula is C16H27N3O2. The molecule has 0 spiro atoms. The molecule has 1 aromatic rings. The second-order valence-electron chi connectivity index (χ2n) is 5.14. The molecule has 0 fully saturated rings. The Balaban J connectivity index is 3.10. The van der Waals surface area contributed by atoms with Crippen molar-refractivity contribution in [2.45, 2.75) is 39.7 Å². The van der Waals surface area contributed by atoms with Gasteiger partial charge in [-0.1, -0.05) is 19.0 Å². The number of methoxy groups -OCH3 is 1. The van der Waals surface area contributed by atoms with E-state index in [2.05, 4.69) is 30.0 Å². The molecule has 0 amide bonds. The SMILES string of the molecule is CCC(CC)N(CCOC)c1ccc(/C(N)=N/O)c(C)c1. The second-order valence-corrected chi connectivity index (χ2v) is 5.14. The largest absolute Gasteiger partial charge is 0.409 e. The fourth-order valence-corrected chi connectivity index (χ4v) is 2.61. The first kappa shape index (κ1) is 17.3. The molecule has 0 aromatic heterocycles. The van der Waals surface area contributed by atoms with Crippen LogP contribution in [0.4, 0.5) is 5.69 Å². The lowest BCUT2D eigenvalue weighted by molar-refractivity contribution is 0.202. The molecule has 0 aliphatic rings. The third kappa shape index (κ3) is 4.36. The highest BCUT2D eigenvalue weighted by atomic mass is 16.5. The molecule has 118 valence electrons. The smallest absolute Gasteiger partial charge is 0.170 e. The summed E-state index contributed by atoms with van der Waals surface area (Å²) in [5.74, 6) is 0.144. The van der Waals surface area contributed by atoms with Crippen molar-refractivity contribution in [3.8, 4) is 0 Å². The van der Waals surface area contributed by atoms with Crippen LogP contribution >= 0.6 is 0 Å². The van der Waals surface area contributed by atoms with Gasteiger partial charge in [0.1, 0.15) is 0 Å². The number of aryl methyl sites for hydroxylation is 1. The number of ether oxygens (including phenoxy) is 1. The first-order chi connectivity index (χ1) is 10.1. The van der Waals surface area contributed by atoms with E-state index >= 15 is 0 Å². The molecule has 1 aromatic carbocycles. The molecule has 0 bridgehead atoms. The van der Waals surface area contributed by atoms with Gasteiger partial charge in [-0.25, -0.2) is 0 Å². The van der Waals surface area contributed by atoms with Crippen LogP contribution in [-0.2, 0) is 4.74 Å². The fourth-order valence-electron chi connectivity index (χ4n) is 2.61. The topological polar surface area (TPSA) is 71.1 Å². The predicted molar refractivity (Wildman–Crippen MR) is 87.3 cm³/mol. The van der Waals surface area contributed by atoms with Crippen LogP contribution in [0.2, 0.25) is 0 Å². The molecule has 3 N–H and O–H groups in total. The zero-order valence-corrected chi connectivity index (χ0v) is 13.5. The minimum absolute atomic E-state index is 0.144. The van der Waals surface area contributed by atoms with Crippen molar-refractivity contribution in [1.82, 2.24) is 0 Å². The Labute approximate surface area is 127 Å². The molecule has 21 heavy (non-hydrogen) atoms. The van der Waals surface area contributed by atoms with Crippen molar-refractivity contribution in [2.24, 2.45) is 10.9 Å². The normalized spacial score (nSPS) is 12.0. The number of nitrogens with zero attached hydrogens (tertiary/aromatic N) is 2. The predicted octanol–water partition coefficient (Wildman–Crippen LogP) is 2.73. The summed E-state index contributed by atoms with van der Waals surface area (Å²) in [7, 11) is 1.72. The van der Waals surface area contributed by atoms with Gasteiger partial charge in [-0.15, -0.1) is 0 Å². The van der Waals surface area contributed by atoms with E-state index in [1.807, 2.05) is 19.1 Å². The summed E-state index contributed by atoms with van der Waals surface area (Å²) >= 11 is 0. The van der Waals surface area contributed by atoms with Crippen LogP contribution in [0.1, 0.15) is 37.8 Å². The number of benzene rings is 1. The van der Waals surface area contributed by atoms with Crippen LogP contribution in [-0.4, -0.2) is 37.3 Å². The van der Waals surface area contributed by atoms with Crippen molar-refractivity contribution < 1.29 is 9.94 Å². The minimum atomic E-state index is 0.144. The van der Waals surface area contributed by atoms with Gasteiger partial charge in [0, 0.05) is 30.9 Å². The Morgan fingerprint density at radius 2 is 2.05 bits per heavy atom. The van der Waals surface area contributed by atoms with Crippen molar-refractivity contribution in [3.63, 3.8) is 0 Å². The van der Waals surface area contributed by atoms with Crippen molar-refractivity contribution in [2.75, 3.05) is 25.2 Å². The van der Waals surface area contributed by atoms with Crippen LogP contribution in [0.5, 0.6) is 0 Å². The monoisotopic (exact) mass is 293 g/mol. The Hall–Kier alpha value is -1.75. The molecule has 0 saturated heterocycles.